The van der Waals surface area contributed by atoms with E-state index in [2.05, 4.69) is 4.74 Å². The molecule has 0 bridgehead atoms. The smallest absolute Gasteiger partial charge is 0.739 e. The molecule has 14 heavy (non-hydrogen) atoms. The van der Waals surface area contributed by atoms with E-state index in [4.69, 9.17) is 0 Å². The van der Waals surface area contributed by atoms with E-state index in [-0.39, 0.29) is 47.7 Å². The Hall–Kier alpha value is 0.730. The van der Waals surface area contributed by atoms with Crippen molar-refractivity contribution in [3.05, 3.63) is 0 Å². The molecule has 0 spiro atoms. The van der Waals surface area contributed by atoms with E-state index in [0.29, 0.717) is 23.8 Å². The molecule has 8 heteroatoms. The summed E-state index contributed by atoms with van der Waals surface area (Å²) in [5, 5.41) is 0. The SMILES string of the molecule is CCOC(=O)CCCSS(=O)(=O)[O-].[Na+]. The van der Waals surface area contributed by atoms with Crippen LogP contribution in [0.1, 0.15) is 19.8 Å². The standard InChI is InChI=1S/C6H12O5S2.Na/c1-2-11-6(7)4-3-5-12-13(8,9)10;/h2-5H2,1H3,(H,8,9,10);/q;+1/p-1. The average Bonchev–Trinajstić information content (AvgIpc) is 1.97. The summed E-state index contributed by atoms with van der Waals surface area (Å²) in [5.74, 6) is -0.239. The molecule has 0 saturated heterocycles. The van der Waals surface area contributed by atoms with Gasteiger partial charge in [-0.05, 0) is 24.1 Å². The Balaban J connectivity index is 0. The molecule has 0 saturated carbocycles. The van der Waals surface area contributed by atoms with Gasteiger partial charge in [-0.1, -0.05) is 0 Å². The Bertz CT molecular complexity index is 251. The Labute approximate surface area is 109 Å². The third kappa shape index (κ3) is 12.7. The van der Waals surface area contributed by atoms with Crippen LogP contribution in [0.25, 0.3) is 0 Å². The molecule has 0 N–H and O–H groups in total. The second-order valence-electron chi connectivity index (χ2n) is 2.14. The van der Waals surface area contributed by atoms with Crippen LogP contribution < -0.4 is 29.6 Å². The number of hydrogen-bond donors (Lipinski definition) is 0. The largest absolute Gasteiger partial charge is 1.00 e. The summed E-state index contributed by atoms with van der Waals surface area (Å²) in [5.41, 5.74) is 0. The van der Waals surface area contributed by atoms with Gasteiger partial charge in [-0.15, -0.1) is 0 Å². The Morgan fingerprint density at radius 3 is 2.50 bits per heavy atom. The van der Waals surface area contributed by atoms with E-state index in [1.165, 1.54) is 0 Å². The van der Waals surface area contributed by atoms with Crippen molar-refractivity contribution in [2.75, 3.05) is 12.4 Å². The van der Waals surface area contributed by atoms with Crippen LogP contribution in [-0.2, 0) is 18.7 Å². The average molecular weight is 250 g/mol. The fraction of sp³-hybridized carbons (Fsp3) is 0.833. The zero-order chi connectivity index (χ0) is 10.3. The molecule has 0 unspecified atom stereocenters. The summed E-state index contributed by atoms with van der Waals surface area (Å²) < 4.78 is 34.9. The van der Waals surface area contributed by atoms with Crippen molar-refractivity contribution in [2.45, 2.75) is 19.8 Å². The van der Waals surface area contributed by atoms with Crippen LogP contribution >= 0.6 is 10.8 Å². The van der Waals surface area contributed by atoms with Gasteiger partial charge in [0.15, 0.2) is 0 Å². The molecule has 0 radical (unpaired) electrons. The Morgan fingerprint density at radius 1 is 1.50 bits per heavy atom. The van der Waals surface area contributed by atoms with Crippen molar-refractivity contribution in [3.63, 3.8) is 0 Å². The quantitative estimate of drug-likeness (QED) is 0.171. The maximum atomic E-state index is 10.7. The molecule has 0 rings (SSSR count). The van der Waals surface area contributed by atoms with Gasteiger partial charge in [-0.25, -0.2) is 8.42 Å². The van der Waals surface area contributed by atoms with Crippen LogP contribution in [0.2, 0.25) is 0 Å². The van der Waals surface area contributed by atoms with Gasteiger partial charge in [0, 0.05) is 12.2 Å². The third-order valence-electron chi connectivity index (χ3n) is 1.06. The molecule has 0 aromatic carbocycles. The van der Waals surface area contributed by atoms with Gasteiger partial charge in [-0.2, -0.15) is 0 Å². The van der Waals surface area contributed by atoms with Crippen molar-refractivity contribution < 1.29 is 52.1 Å². The van der Waals surface area contributed by atoms with E-state index < -0.39 is 9.15 Å². The molecule has 0 fully saturated rings. The fourth-order valence-electron chi connectivity index (χ4n) is 0.611. The maximum absolute atomic E-state index is 10.7. The van der Waals surface area contributed by atoms with Gasteiger partial charge in [-0.3, -0.25) is 4.79 Å². The van der Waals surface area contributed by atoms with Gasteiger partial charge < -0.3 is 9.29 Å². The van der Waals surface area contributed by atoms with Crippen LogP contribution in [0.15, 0.2) is 0 Å². The number of esters is 1. The van der Waals surface area contributed by atoms with Crippen molar-refractivity contribution in [1.29, 1.82) is 0 Å². The molecular weight excluding hydrogens is 239 g/mol. The number of rotatable bonds is 6. The molecular formula is C6H11NaO5S2. The summed E-state index contributed by atoms with van der Waals surface area (Å²) in [4.78, 5) is 10.7. The van der Waals surface area contributed by atoms with Crippen LogP contribution in [-0.4, -0.2) is 31.3 Å². The topological polar surface area (TPSA) is 83.5 Å². The predicted molar refractivity (Wildman–Crippen MR) is 48.0 cm³/mol. The van der Waals surface area contributed by atoms with E-state index >= 15 is 0 Å². The van der Waals surface area contributed by atoms with Crippen LogP contribution in [0.5, 0.6) is 0 Å². The zero-order valence-electron chi connectivity index (χ0n) is 8.19. The minimum absolute atomic E-state index is 0. The molecule has 0 aliphatic carbocycles. The first kappa shape index (κ1) is 17.1. The first-order valence-corrected chi connectivity index (χ1v) is 6.62. The molecule has 0 aromatic heterocycles. The minimum atomic E-state index is -4.22. The molecule has 78 valence electrons. The van der Waals surface area contributed by atoms with Gasteiger partial charge in [0.05, 0.1) is 6.61 Å². The zero-order valence-corrected chi connectivity index (χ0v) is 11.8. The van der Waals surface area contributed by atoms with Crippen molar-refractivity contribution in [1.82, 2.24) is 0 Å². The van der Waals surface area contributed by atoms with Gasteiger partial charge >= 0.3 is 35.5 Å². The van der Waals surface area contributed by atoms with Crippen LogP contribution in [0, 0.1) is 0 Å². The summed E-state index contributed by atoms with van der Waals surface area (Å²) in [7, 11) is -3.92. The molecule has 0 heterocycles. The predicted octanol–water partition coefficient (Wildman–Crippen LogP) is -2.47. The minimum Gasteiger partial charge on any atom is -0.739 e. The van der Waals surface area contributed by atoms with Crippen LogP contribution in [0.3, 0.4) is 0 Å². The Kier molecular flexibility index (Phi) is 11.0. The second kappa shape index (κ2) is 8.99. The first-order valence-electron chi connectivity index (χ1n) is 3.71. The van der Waals surface area contributed by atoms with Gasteiger partial charge in [0.25, 0.3) is 0 Å². The second-order valence-corrected chi connectivity index (χ2v) is 5.53. The molecule has 0 aromatic rings. The number of hydrogen-bond acceptors (Lipinski definition) is 6. The molecule has 0 aliphatic heterocycles. The summed E-state index contributed by atoms with van der Waals surface area (Å²) in [6.07, 6.45) is 0.487. The van der Waals surface area contributed by atoms with E-state index in [9.17, 15) is 17.8 Å². The number of carbonyl (C=O) groups is 1. The summed E-state index contributed by atoms with van der Waals surface area (Å²) in [6, 6.07) is 0. The molecule has 0 aliphatic rings. The third-order valence-corrected chi connectivity index (χ3v) is 3.17. The van der Waals surface area contributed by atoms with E-state index in [0.717, 1.165) is 0 Å². The van der Waals surface area contributed by atoms with Crippen molar-refractivity contribution in [3.8, 4) is 0 Å². The Morgan fingerprint density at radius 2 is 2.07 bits per heavy atom. The monoisotopic (exact) mass is 250 g/mol. The van der Waals surface area contributed by atoms with Crippen molar-refractivity contribution >= 4 is 25.9 Å². The number of carbonyl (C=O) groups excluding carboxylic acids is 1. The van der Waals surface area contributed by atoms with Gasteiger partial charge in [0.2, 0.25) is 0 Å². The fourth-order valence-corrected chi connectivity index (χ4v) is 2.04. The summed E-state index contributed by atoms with van der Waals surface area (Å²) >= 11 is 0. The number of ether oxygens (including phenoxy) is 1. The first-order chi connectivity index (χ1) is 5.95. The molecule has 0 amide bonds. The molecule has 0 atom stereocenters. The normalized spacial score (nSPS) is 10.4. The van der Waals surface area contributed by atoms with E-state index in [1.54, 1.807) is 6.92 Å². The van der Waals surface area contributed by atoms with Crippen LogP contribution in [0.4, 0.5) is 0 Å². The van der Waals surface area contributed by atoms with Gasteiger partial charge in [0.1, 0.15) is 9.15 Å². The van der Waals surface area contributed by atoms with E-state index in [1.807, 2.05) is 0 Å². The summed E-state index contributed by atoms with van der Waals surface area (Å²) in [6.45, 7) is 2.00. The maximum Gasteiger partial charge on any atom is 1.00 e. The van der Waals surface area contributed by atoms with Crippen molar-refractivity contribution in [2.24, 2.45) is 0 Å². The molecule has 5 nitrogen and oxygen atoms in total.